The van der Waals surface area contributed by atoms with Crippen molar-refractivity contribution in [2.45, 2.75) is 26.4 Å². The highest BCUT2D eigenvalue weighted by Gasteiger charge is 2.14. The maximum absolute atomic E-state index is 10.4. The Morgan fingerprint density at radius 3 is 2.65 bits per heavy atom. The van der Waals surface area contributed by atoms with Gasteiger partial charge in [0.15, 0.2) is 0 Å². The third-order valence-corrected chi connectivity index (χ3v) is 3.84. The largest absolute Gasteiger partial charge is 0.496 e. The summed E-state index contributed by atoms with van der Waals surface area (Å²) >= 11 is 3.46. The molecule has 20 heavy (non-hydrogen) atoms. The molecule has 1 N–H and O–H groups in total. The first-order valence-corrected chi connectivity index (χ1v) is 7.24. The van der Waals surface area contributed by atoms with Gasteiger partial charge in [-0.15, -0.1) is 0 Å². The Morgan fingerprint density at radius 1 is 1.30 bits per heavy atom. The van der Waals surface area contributed by atoms with Gasteiger partial charge >= 0.3 is 0 Å². The normalized spacial score (nSPS) is 12.2. The molecule has 0 fully saturated rings. The van der Waals surface area contributed by atoms with Gasteiger partial charge in [0.05, 0.1) is 17.3 Å². The Bertz CT molecular complexity index is 613. The molecule has 0 radical (unpaired) electrons. The van der Waals surface area contributed by atoms with E-state index in [4.69, 9.17) is 4.74 Å². The van der Waals surface area contributed by atoms with E-state index in [9.17, 15) is 5.11 Å². The number of halogens is 1. The lowest BCUT2D eigenvalue weighted by Crippen LogP contribution is -2.07. The molecule has 1 atom stereocenters. The van der Waals surface area contributed by atoms with Crippen molar-refractivity contribution in [2.75, 3.05) is 7.11 Å². The first-order chi connectivity index (χ1) is 9.51. The van der Waals surface area contributed by atoms with Crippen molar-refractivity contribution in [2.24, 2.45) is 0 Å². The fourth-order valence-electron chi connectivity index (χ4n) is 2.23. The summed E-state index contributed by atoms with van der Waals surface area (Å²) < 4.78 is 6.09. The van der Waals surface area contributed by atoms with Gasteiger partial charge in [-0.3, -0.25) is 4.98 Å². The summed E-state index contributed by atoms with van der Waals surface area (Å²) in [5.41, 5.74) is 3.89. The fourth-order valence-corrected chi connectivity index (χ4v) is 2.82. The lowest BCUT2D eigenvalue weighted by Gasteiger charge is -2.14. The number of hydrogen-bond acceptors (Lipinski definition) is 3. The van der Waals surface area contributed by atoms with Gasteiger partial charge < -0.3 is 9.84 Å². The molecular formula is C16H18BrNO2. The van der Waals surface area contributed by atoms with Crippen LogP contribution in [0.15, 0.2) is 34.9 Å². The highest BCUT2D eigenvalue weighted by atomic mass is 79.9. The number of ether oxygens (including phenoxy) is 1. The Labute approximate surface area is 127 Å². The first kappa shape index (κ1) is 15.0. The average molecular weight is 336 g/mol. The lowest BCUT2D eigenvalue weighted by atomic mass is 10.0. The third-order valence-electron chi connectivity index (χ3n) is 3.22. The number of aryl methyl sites for hydroxylation is 2. The van der Waals surface area contributed by atoms with Gasteiger partial charge in [0.1, 0.15) is 11.9 Å². The van der Waals surface area contributed by atoms with Crippen molar-refractivity contribution in [3.63, 3.8) is 0 Å². The maximum atomic E-state index is 10.4. The Kier molecular flexibility index (Phi) is 4.78. The number of pyridine rings is 1. The minimum Gasteiger partial charge on any atom is -0.496 e. The summed E-state index contributed by atoms with van der Waals surface area (Å²) in [6.07, 6.45) is 1.71. The second kappa shape index (κ2) is 6.37. The zero-order chi connectivity index (χ0) is 14.7. The minimum absolute atomic E-state index is 0.527. The zero-order valence-electron chi connectivity index (χ0n) is 11.9. The zero-order valence-corrected chi connectivity index (χ0v) is 13.4. The van der Waals surface area contributed by atoms with Crippen LogP contribution in [0, 0.1) is 13.8 Å². The number of aliphatic hydroxyl groups excluding tert-OH is 1. The summed E-state index contributed by atoms with van der Waals surface area (Å²) in [5.74, 6) is 0.785. The van der Waals surface area contributed by atoms with E-state index in [-0.39, 0.29) is 0 Å². The Balaban J connectivity index is 2.18. The van der Waals surface area contributed by atoms with Crippen molar-refractivity contribution in [3.8, 4) is 5.75 Å². The highest BCUT2D eigenvalue weighted by Crippen LogP contribution is 2.28. The third kappa shape index (κ3) is 3.38. The van der Waals surface area contributed by atoms with E-state index in [1.807, 2.05) is 38.1 Å². The molecule has 3 nitrogen and oxygen atoms in total. The van der Waals surface area contributed by atoms with Gasteiger partial charge in [-0.1, -0.05) is 12.1 Å². The molecule has 1 aromatic carbocycles. The second-order valence-electron chi connectivity index (χ2n) is 4.90. The van der Waals surface area contributed by atoms with Crippen LogP contribution >= 0.6 is 15.9 Å². The van der Waals surface area contributed by atoms with Gasteiger partial charge in [0.2, 0.25) is 0 Å². The number of rotatable bonds is 4. The van der Waals surface area contributed by atoms with Crippen molar-refractivity contribution in [1.29, 1.82) is 0 Å². The topological polar surface area (TPSA) is 42.4 Å². The molecule has 1 heterocycles. The Morgan fingerprint density at radius 2 is 2.05 bits per heavy atom. The molecule has 1 aromatic heterocycles. The number of nitrogens with zero attached hydrogens (tertiary/aromatic N) is 1. The molecule has 0 aliphatic heterocycles. The molecule has 106 valence electrons. The van der Waals surface area contributed by atoms with E-state index < -0.39 is 6.10 Å². The van der Waals surface area contributed by atoms with Crippen LogP contribution in [0.5, 0.6) is 5.75 Å². The van der Waals surface area contributed by atoms with E-state index >= 15 is 0 Å². The number of methoxy groups -OCH3 is 1. The molecule has 2 aromatic rings. The SMILES string of the molecule is COc1ccc(CC(O)c2ncc(C)cc2C)cc1Br. The van der Waals surface area contributed by atoms with Gasteiger partial charge in [0.25, 0.3) is 0 Å². The molecule has 0 spiro atoms. The molecule has 0 bridgehead atoms. The molecule has 0 aliphatic carbocycles. The van der Waals surface area contributed by atoms with Crippen LogP contribution in [0.25, 0.3) is 0 Å². The molecule has 0 amide bonds. The second-order valence-corrected chi connectivity index (χ2v) is 5.76. The molecule has 0 aliphatic rings. The molecule has 0 saturated heterocycles. The number of aliphatic hydroxyl groups is 1. The quantitative estimate of drug-likeness (QED) is 0.925. The van der Waals surface area contributed by atoms with Gasteiger partial charge in [0, 0.05) is 12.6 Å². The molecule has 1 unspecified atom stereocenters. The predicted molar refractivity (Wildman–Crippen MR) is 83.1 cm³/mol. The van der Waals surface area contributed by atoms with Crippen LogP contribution < -0.4 is 4.74 Å². The van der Waals surface area contributed by atoms with E-state index in [1.165, 1.54) is 0 Å². The van der Waals surface area contributed by atoms with E-state index in [0.29, 0.717) is 6.42 Å². The smallest absolute Gasteiger partial charge is 0.133 e. The summed E-state index contributed by atoms with van der Waals surface area (Å²) in [5, 5.41) is 10.4. The number of aromatic nitrogens is 1. The summed E-state index contributed by atoms with van der Waals surface area (Å²) in [7, 11) is 1.63. The van der Waals surface area contributed by atoms with Crippen LogP contribution in [0.2, 0.25) is 0 Å². The van der Waals surface area contributed by atoms with Crippen molar-refractivity contribution < 1.29 is 9.84 Å². The first-order valence-electron chi connectivity index (χ1n) is 6.45. The average Bonchev–Trinajstić information content (AvgIpc) is 2.38. The van der Waals surface area contributed by atoms with Crippen LogP contribution in [-0.4, -0.2) is 17.2 Å². The number of benzene rings is 1. The van der Waals surface area contributed by atoms with Crippen molar-refractivity contribution in [1.82, 2.24) is 4.98 Å². The summed E-state index contributed by atoms with van der Waals surface area (Å²) in [6, 6.07) is 7.85. The van der Waals surface area contributed by atoms with Crippen LogP contribution in [0.3, 0.4) is 0 Å². The van der Waals surface area contributed by atoms with Gasteiger partial charge in [-0.25, -0.2) is 0 Å². The summed E-state index contributed by atoms with van der Waals surface area (Å²) in [6.45, 7) is 3.97. The van der Waals surface area contributed by atoms with Crippen LogP contribution in [0.1, 0.15) is 28.5 Å². The Hall–Kier alpha value is -1.39. The van der Waals surface area contributed by atoms with Crippen molar-refractivity contribution >= 4 is 15.9 Å². The summed E-state index contributed by atoms with van der Waals surface area (Å²) in [4.78, 5) is 4.34. The van der Waals surface area contributed by atoms with Crippen molar-refractivity contribution in [3.05, 3.63) is 57.3 Å². The molecular weight excluding hydrogens is 318 g/mol. The van der Waals surface area contributed by atoms with Crippen LogP contribution in [0.4, 0.5) is 0 Å². The van der Waals surface area contributed by atoms with Gasteiger partial charge in [-0.2, -0.15) is 0 Å². The van der Waals surface area contributed by atoms with E-state index in [1.54, 1.807) is 13.3 Å². The minimum atomic E-state index is -0.601. The molecule has 4 heteroatoms. The molecule has 2 rings (SSSR count). The monoisotopic (exact) mass is 335 g/mol. The van der Waals surface area contributed by atoms with Crippen LogP contribution in [-0.2, 0) is 6.42 Å². The standard InChI is InChI=1S/C16H18BrNO2/c1-10-6-11(2)16(18-9-10)14(19)8-12-4-5-15(20-3)13(17)7-12/h4-7,9,14,19H,8H2,1-3H3. The predicted octanol–water partition coefficient (Wildman–Crippen LogP) is 3.75. The number of hydrogen-bond donors (Lipinski definition) is 1. The lowest BCUT2D eigenvalue weighted by molar-refractivity contribution is 0.172. The van der Waals surface area contributed by atoms with E-state index in [0.717, 1.165) is 32.6 Å². The van der Waals surface area contributed by atoms with Gasteiger partial charge in [-0.05, 0) is 58.6 Å². The highest BCUT2D eigenvalue weighted by molar-refractivity contribution is 9.10. The van der Waals surface area contributed by atoms with E-state index in [2.05, 4.69) is 20.9 Å². The maximum Gasteiger partial charge on any atom is 0.133 e. The molecule has 0 saturated carbocycles. The fraction of sp³-hybridized carbons (Fsp3) is 0.312.